The number of aromatic nitrogens is 1. The fourth-order valence-corrected chi connectivity index (χ4v) is 3.53. The van der Waals surface area contributed by atoms with Gasteiger partial charge in [-0.3, -0.25) is 4.79 Å². The van der Waals surface area contributed by atoms with Crippen LogP contribution < -0.4 is 19.5 Å². The molecule has 0 atom stereocenters. The molecule has 0 saturated heterocycles. The average molecular weight is 398 g/mol. The molecule has 0 aliphatic carbocycles. The van der Waals surface area contributed by atoms with Crippen LogP contribution in [0.15, 0.2) is 47.8 Å². The quantitative estimate of drug-likeness (QED) is 0.609. The number of para-hydroxylation sites is 1. The van der Waals surface area contributed by atoms with Crippen LogP contribution in [0.25, 0.3) is 11.3 Å². The first-order chi connectivity index (χ1) is 13.6. The van der Waals surface area contributed by atoms with Crippen molar-refractivity contribution in [1.82, 2.24) is 4.98 Å². The molecule has 3 rings (SSSR count). The van der Waals surface area contributed by atoms with Crippen LogP contribution in [0.3, 0.4) is 0 Å². The van der Waals surface area contributed by atoms with Crippen LogP contribution in [-0.4, -0.2) is 32.2 Å². The number of amides is 1. The van der Waals surface area contributed by atoms with Gasteiger partial charge in [0.1, 0.15) is 5.75 Å². The highest BCUT2D eigenvalue weighted by molar-refractivity contribution is 7.14. The Balaban J connectivity index is 1.63. The van der Waals surface area contributed by atoms with Crippen molar-refractivity contribution in [2.75, 3.05) is 26.6 Å². The summed E-state index contributed by atoms with van der Waals surface area (Å²) in [5.41, 5.74) is 2.67. The van der Waals surface area contributed by atoms with Gasteiger partial charge in [0, 0.05) is 17.4 Å². The summed E-state index contributed by atoms with van der Waals surface area (Å²) < 4.78 is 15.9. The fourth-order valence-electron chi connectivity index (χ4n) is 2.80. The number of anilines is 1. The number of hydrogen-bond acceptors (Lipinski definition) is 6. The molecule has 0 aliphatic heterocycles. The van der Waals surface area contributed by atoms with Crippen LogP contribution in [0.2, 0.25) is 0 Å². The zero-order valence-corrected chi connectivity index (χ0v) is 16.8. The second kappa shape index (κ2) is 9.23. The Morgan fingerprint density at radius 1 is 1.00 bits per heavy atom. The van der Waals surface area contributed by atoms with E-state index in [1.165, 1.54) is 11.3 Å². The van der Waals surface area contributed by atoms with E-state index in [4.69, 9.17) is 14.2 Å². The smallest absolute Gasteiger partial charge is 0.226 e. The maximum atomic E-state index is 12.3. The van der Waals surface area contributed by atoms with Gasteiger partial charge in [0.25, 0.3) is 0 Å². The molecule has 1 amide bonds. The summed E-state index contributed by atoms with van der Waals surface area (Å²) in [6.45, 7) is 0. The molecule has 1 heterocycles. The average Bonchev–Trinajstić information content (AvgIpc) is 3.20. The Hall–Kier alpha value is -3.06. The molecule has 0 spiro atoms. The topological polar surface area (TPSA) is 69.7 Å². The highest BCUT2D eigenvalue weighted by Crippen LogP contribution is 2.33. The van der Waals surface area contributed by atoms with Gasteiger partial charge in [-0.25, -0.2) is 4.98 Å². The number of rotatable bonds is 8. The largest absolute Gasteiger partial charge is 0.496 e. The number of methoxy groups -OCH3 is 3. The van der Waals surface area contributed by atoms with Crippen molar-refractivity contribution >= 4 is 22.4 Å². The summed E-state index contributed by atoms with van der Waals surface area (Å²) in [6, 6.07) is 13.3. The predicted molar refractivity (Wildman–Crippen MR) is 111 cm³/mol. The van der Waals surface area contributed by atoms with Gasteiger partial charge in [0.15, 0.2) is 16.6 Å². The lowest BCUT2D eigenvalue weighted by Crippen LogP contribution is -2.12. The van der Waals surface area contributed by atoms with E-state index in [-0.39, 0.29) is 5.91 Å². The molecule has 1 aromatic heterocycles. The summed E-state index contributed by atoms with van der Waals surface area (Å²) in [4.78, 5) is 16.8. The van der Waals surface area contributed by atoms with E-state index >= 15 is 0 Å². The second-order valence-electron chi connectivity index (χ2n) is 5.97. The number of nitrogens with zero attached hydrogens (tertiary/aromatic N) is 1. The maximum Gasteiger partial charge on any atom is 0.226 e. The summed E-state index contributed by atoms with van der Waals surface area (Å²) in [5.74, 6) is 2.00. The van der Waals surface area contributed by atoms with Crippen molar-refractivity contribution in [3.8, 4) is 28.5 Å². The van der Waals surface area contributed by atoms with Crippen molar-refractivity contribution in [2.24, 2.45) is 0 Å². The molecule has 1 N–H and O–H groups in total. The highest BCUT2D eigenvalue weighted by Gasteiger charge is 2.12. The molecule has 28 heavy (non-hydrogen) atoms. The maximum absolute atomic E-state index is 12.3. The zero-order valence-electron chi connectivity index (χ0n) is 16.0. The minimum absolute atomic E-state index is 0.0842. The Kier molecular flexibility index (Phi) is 6.49. The third kappa shape index (κ3) is 4.61. The van der Waals surface area contributed by atoms with Gasteiger partial charge < -0.3 is 19.5 Å². The lowest BCUT2D eigenvalue weighted by atomic mass is 10.1. The van der Waals surface area contributed by atoms with Gasteiger partial charge in [-0.1, -0.05) is 18.2 Å². The summed E-state index contributed by atoms with van der Waals surface area (Å²) >= 11 is 1.39. The number of aryl methyl sites for hydroxylation is 1. The molecular formula is C21H22N2O4S. The van der Waals surface area contributed by atoms with Crippen LogP contribution in [0, 0.1) is 0 Å². The Bertz CT molecular complexity index is 955. The van der Waals surface area contributed by atoms with Gasteiger partial charge in [-0.15, -0.1) is 11.3 Å². The minimum atomic E-state index is -0.0842. The van der Waals surface area contributed by atoms with E-state index in [9.17, 15) is 4.79 Å². The monoisotopic (exact) mass is 398 g/mol. The lowest BCUT2D eigenvalue weighted by molar-refractivity contribution is -0.116. The number of carbonyl (C=O) groups excluding carboxylic acids is 1. The summed E-state index contributed by atoms with van der Waals surface area (Å²) in [7, 11) is 4.82. The van der Waals surface area contributed by atoms with Crippen LogP contribution in [0.1, 0.15) is 12.0 Å². The highest BCUT2D eigenvalue weighted by atomic mass is 32.1. The lowest BCUT2D eigenvalue weighted by Gasteiger charge is -2.08. The molecule has 0 aliphatic rings. The Morgan fingerprint density at radius 3 is 2.50 bits per heavy atom. The van der Waals surface area contributed by atoms with Crippen LogP contribution in [0.5, 0.6) is 17.2 Å². The molecule has 0 radical (unpaired) electrons. The molecule has 0 unspecified atom stereocenters. The number of carbonyl (C=O) groups is 1. The van der Waals surface area contributed by atoms with Crippen LogP contribution in [-0.2, 0) is 11.2 Å². The minimum Gasteiger partial charge on any atom is -0.496 e. The summed E-state index contributed by atoms with van der Waals surface area (Å²) in [5, 5.41) is 5.33. The van der Waals surface area contributed by atoms with Gasteiger partial charge in [-0.2, -0.15) is 0 Å². The Morgan fingerprint density at radius 2 is 1.75 bits per heavy atom. The van der Waals surface area contributed by atoms with Crippen molar-refractivity contribution in [3.63, 3.8) is 0 Å². The van der Waals surface area contributed by atoms with Gasteiger partial charge in [0.2, 0.25) is 5.91 Å². The van der Waals surface area contributed by atoms with E-state index in [0.717, 1.165) is 22.6 Å². The van der Waals surface area contributed by atoms with Crippen LogP contribution >= 0.6 is 11.3 Å². The first-order valence-electron chi connectivity index (χ1n) is 8.74. The Labute approximate surface area is 168 Å². The van der Waals surface area contributed by atoms with Crippen molar-refractivity contribution in [1.29, 1.82) is 0 Å². The number of nitrogens with one attached hydrogen (secondary N) is 1. The third-order valence-electron chi connectivity index (χ3n) is 4.24. The SMILES string of the molecule is COc1ccccc1CCC(=O)Nc1nc(-c2ccc(OC)c(OC)c2)cs1. The summed E-state index contributed by atoms with van der Waals surface area (Å²) in [6.07, 6.45) is 0.954. The molecule has 3 aromatic rings. The van der Waals surface area contributed by atoms with E-state index in [2.05, 4.69) is 10.3 Å². The molecular weight excluding hydrogens is 376 g/mol. The molecule has 6 nitrogen and oxygen atoms in total. The van der Waals surface area contributed by atoms with Gasteiger partial charge in [-0.05, 0) is 36.2 Å². The fraction of sp³-hybridized carbons (Fsp3) is 0.238. The van der Waals surface area contributed by atoms with E-state index in [0.29, 0.717) is 29.5 Å². The molecule has 2 aromatic carbocycles. The van der Waals surface area contributed by atoms with E-state index in [1.54, 1.807) is 21.3 Å². The van der Waals surface area contributed by atoms with Crippen molar-refractivity contribution < 1.29 is 19.0 Å². The normalized spacial score (nSPS) is 10.4. The molecule has 0 bridgehead atoms. The number of ether oxygens (including phenoxy) is 3. The first kappa shape index (κ1) is 19.7. The molecule has 146 valence electrons. The number of benzene rings is 2. The second-order valence-corrected chi connectivity index (χ2v) is 6.83. The molecule has 0 fully saturated rings. The standard InChI is InChI=1S/C21H22N2O4S/c1-25-17-7-5-4-6-14(17)9-11-20(24)23-21-22-16(13-28-21)15-8-10-18(26-2)19(12-15)27-3/h4-8,10,12-13H,9,11H2,1-3H3,(H,22,23,24). The van der Waals surface area contributed by atoms with Gasteiger partial charge in [0.05, 0.1) is 27.0 Å². The van der Waals surface area contributed by atoms with Crippen molar-refractivity contribution in [3.05, 3.63) is 53.4 Å². The number of thiazole rings is 1. The van der Waals surface area contributed by atoms with E-state index in [1.807, 2.05) is 47.8 Å². The number of hydrogen-bond donors (Lipinski definition) is 1. The predicted octanol–water partition coefficient (Wildman–Crippen LogP) is 4.41. The molecule has 0 saturated carbocycles. The van der Waals surface area contributed by atoms with Crippen LogP contribution in [0.4, 0.5) is 5.13 Å². The zero-order chi connectivity index (χ0) is 19.9. The van der Waals surface area contributed by atoms with Gasteiger partial charge >= 0.3 is 0 Å². The molecule has 7 heteroatoms. The third-order valence-corrected chi connectivity index (χ3v) is 5.00. The van der Waals surface area contributed by atoms with Crippen molar-refractivity contribution in [2.45, 2.75) is 12.8 Å². The first-order valence-corrected chi connectivity index (χ1v) is 9.62. The van der Waals surface area contributed by atoms with E-state index < -0.39 is 0 Å².